The molecule has 17 heteroatoms. The van der Waals surface area contributed by atoms with Gasteiger partial charge < -0.3 is 24.3 Å². The summed E-state index contributed by atoms with van der Waals surface area (Å²) in [6.07, 6.45) is -6.69. The molecule has 0 bridgehead atoms. The second-order valence-corrected chi connectivity index (χ2v) is 10.7. The normalized spacial score (nSPS) is 21.1. The average Bonchev–Trinajstić information content (AvgIpc) is 3.38. The van der Waals surface area contributed by atoms with Gasteiger partial charge in [-0.25, -0.2) is 10.1 Å². The Kier molecular flexibility index (Phi) is 8.28. The third-order valence-electron chi connectivity index (χ3n) is 8.00. The summed E-state index contributed by atoms with van der Waals surface area (Å²) in [5.41, 5.74) is -3.87. The highest BCUT2D eigenvalue weighted by molar-refractivity contribution is 5.98. The number of anilines is 3. The van der Waals surface area contributed by atoms with Crippen LogP contribution in [0.5, 0.6) is 0 Å². The molecule has 2 atom stereocenters. The van der Waals surface area contributed by atoms with Crippen LogP contribution in [0.4, 0.5) is 43.5 Å². The number of hydrogen-bond acceptors (Lipinski definition) is 8. The molecule has 1 unspecified atom stereocenters. The van der Waals surface area contributed by atoms with E-state index in [9.17, 15) is 40.7 Å². The molecule has 11 nitrogen and oxygen atoms in total. The van der Waals surface area contributed by atoms with Crippen molar-refractivity contribution < 1.29 is 40.7 Å². The number of carbonyl (C=O) groups excluding carboxylic acids is 2. The maximum atomic E-state index is 13.5. The minimum absolute atomic E-state index is 0.0000811. The molecule has 5 heterocycles. The van der Waals surface area contributed by atoms with Gasteiger partial charge >= 0.3 is 12.4 Å². The van der Waals surface area contributed by atoms with Gasteiger partial charge in [0, 0.05) is 45.8 Å². The van der Waals surface area contributed by atoms with Gasteiger partial charge in [0.05, 0.1) is 54.9 Å². The molecule has 3 aliphatic rings. The van der Waals surface area contributed by atoms with Crippen molar-refractivity contribution in [3.05, 3.63) is 39.9 Å². The van der Waals surface area contributed by atoms with Gasteiger partial charge in [-0.15, -0.1) is 0 Å². The van der Waals surface area contributed by atoms with Crippen LogP contribution >= 0.6 is 0 Å². The number of ether oxygens (including phenoxy) is 1. The average molecular weight is 618 g/mol. The standard InChI is InChI=1S/C26H29F6N7O4/c1-36-18-9-15(25(27,28)29)11-33-23(18)39-7-6-37(13-17(39)10-21(36)41)20(40)4-8-43-14-16-3-2-5-38(16)19-12-34-35-24(42)22(19)26(30,31)32/h9,11-12,16-17H,2-8,10,13-14H2,1H3,(H,35,42)/t16-,17?/m0/s1. The quantitative estimate of drug-likeness (QED) is 0.389. The van der Waals surface area contributed by atoms with Gasteiger partial charge in [0.2, 0.25) is 11.8 Å². The van der Waals surface area contributed by atoms with Gasteiger partial charge in [0.25, 0.3) is 5.56 Å². The van der Waals surface area contributed by atoms with E-state index in [-0.39, 0.29) is 75.3 Å². The van der Waals surface area contributed by atoms with Crippen molar-refractivity contribution in [2.24, 2.45) is 0 Å². The molecule has 2 saturated heterocycles. The minimum atomic E-state index is -4.86. The van der Waals surface area contributed by atoms with E-state index in [1.807, 2.05) is 5.10 Å². The van der Waals surface area contributed by atoms with Crippen molar-refractivity contribution in [1.82, 2.24) is 20.1 Å². The molecular weight excluding hydrogens is 588 g/mol. The molecule has 0 aliphatic carbocycles. The number of amides is 2. The highest BCUT2D eigenvalue weighted by Gasteiger charge is 2.41. The van der Waals surface area contributed by atoms with Gasteiger partial charge in [0.15, 0.2) is 5.82 Å². The Balaban J connectivity index is 1.18. The summed E-state index contributed by atoms with van der Waals surface area (Å²) >= 11 is 0. The second-order valence-electron chi connectivity index (χ2n) is 10.7. The van der Waals surface area contributed by atoms with Crippen molar-refractivity contribution in [2.75, 3.05) is 61.1 Å². The third kappa shape index (κ3) is 6.26. The number of aromatic amines is 1. The molecule has 234 valence electrons. The molecule has 0 saturated carbocycles. The van der Waals surface area contributed by atoms with Crippen molar-refractivity contribution >= 4 is 29.0 Å². The highest BCUT2D eigenvalue weighted by Crippen LogP contribution is 2.39. The Bertz CT molecular complexity index is 1430. The number of H-pyrrole nitrogens is 1. The molecule has 2 amide bonds. The lowest BCUT2D eigenvalue weighted by atomic mass is 10.1. The summed E-state index contributed by atoms with van der Waals surface area (Å²) in [5.74, 6) is -0.420. The summed E-state index contributed by atoms with van der Waals surface area (Å²) in [6, 6.07) is -0.0292. The second kappa shape index (κ2) is 11.7. The minimum Gasteiger partial charge on any atom is -0.379 e. The fourth-order valence-corrected chi connectivity index (χ4v) is 5.82. The zero-order valence-electron chi connectivity index (χ0n) is 23.0. The number of nitrogens with one attached hydrogen (secondary N) is 1. The lowest BCUT2D eigenvalue weighted by molar-refractivity contribution is -0.139. The first-order valence-electron chi connectivity index (χ1n) is 13.6. The Morgan fingerprint density at radius 3 is 2.53 bits per heavy atom. The molecule has 0 spiro atoms. The van der Waals surface area contributed by atoms with Crippen LogP contribution in [0.2, 0.25) is 0 Å². The number of halogens is 6. The third-order valence-corrected chi connectivity index (χ3v) is 8.00. The van der Waals surface area contributed by atoms with Crippen LogP contribution < -0.4 is 20.3 Å². The topological polar surface area (TPSA) is 115 Å². The first-order valence-corrected chi connectivity index (χ1v) is 13.6. The number of nitrogens with zero attached hydrogens (tertiary/aromatic N) is 6. The van der Waals surface area contributed by atoms with E-state index in [0.717, 1.165) is 23.4 Å². The fraction of sp³-hybridized carbons (Fsp3) is 0.577. The molecule has 2 fully saturated rings. The number of aromatic nitrogens is 3. The number of carbonyl (C=O) groups is 2. The Morgan fingerprint density at radius 2 is 1.81 bits per heavy atom. The fourth-order valence-electron chi connectivity index (χ4n) is 5.82. The lowest BCUT2D eigenvalue weighted by Crippen LogP contribution is -2.55. The van der Waals surface area contributed by atoms with Gasteiger partial charge in [-0.05, 0) is 18.9 Å². The summed E-state index contributed by atoms with van der Waals surface area (Å²) in [5, 5.41) is 5.36. The number of piperazine rings is 1. The van der Waals surface area contributed by atoms with Crippen LogP contribution in [-0.2, 0) is 26.7 Å². The largest absolute Gasteiger partial charge is 0.423 e. The summed E-state index contributed by atoms with van der Waals surface area (Å²) < 4.78 is 86.1. The molecule has 1 N–H and O–H groups in total. The SMILES string of the molecule is CN1C(=O)CC2CN(C(=O)CCOC[C@@H]3CCCN3c3cn[nH]c(=O)c3C(F)(F)F)CCN2c2ncc(C(F)(F)F)cc21. The van der Waals surface area contributed by atoms with E-state index < -0.39 is 47.0 Å². The maximum Gasteiger partial charge on any atom is 0.423 e. The van der Waals surface area contributed by atoms with Gasteiger partial charge in [0.1, 0.15) is 5.56 Å². The van der Waals surface area contributed by atoms with Crippen LogP contribution in [0.25, 0.3) is 0 Å². The Hall–Kier alpha value is -3.89. The zero-order valence-corrected chi connectivity index (χ0v) is 23.0. The molecule has 2 aromatic rings. The lowest BCUT2D eigenvalue weighted by Gasteiger charge is -2.41. The molecular formula is C26H29F6N7O4. The Labute approximate surface area is 241 Å². The number of alkyl halides is 6. The zero-order chi connectivity index (χ0) is 31.1. The van der Waals surface area contributed by atoms with Crippen molar-refractivity contribution in [2.45, 2.75) is 50.1 Å². The smallest absolute Gasteiger partial charge is 0.379 e. The van der Waals surface area contributed by atoms with Crippen molar-refractivity contribution in [1.29, 1.82) is 0 Å². The van der Waals surface area contributed by atoms with Crippen LogP contribution in [0.1, 0.15) is 36.8 Å². The monoisotopic (exact) mass is 617 g/mol. The van der Waals surface area contributed by atoms with Gasteiger partial charge in [-0.2, -0.15) is 31.4 Å². The van der Waals surface area contributed by atoms with E-state index in [2.05, 4.69) is 10.1 Å². The Morgan fingerprint density at radius 1 is 1.05 bits per heavy atom. The summed E-state index contributed by atoms with van der Waals surface area (Å²) in [6.45, 7) is 0.994. The van der Waals surface area contributed by atoms with Crippen LogP contribution in [0, 0.1) is 0 Å². The first kappa shape index (κ1) is 30.6. The van der Waals surface area contributed by atoms with Gasteiger partial charge in [-0.1, -0.05) is 0 Å². The molecule has 3 aliphatic heterocycles. The predicted molar refractivity (Wildman–Crippen MR) is 141 cm³/mol. The summed E-state index contributed by atoms with van der Waals surface area (Å²) in [7, 11) is 1.39. The predicted octanol–water partition coefficient (Wildman–Crippen LogP) is 2.66. The van der Waals surface area contributed by atoms with Gasteiger partial charge in [-0.3, -0.25) is 14.4 Å². The van der Waals surface area contributed by atoms with E-state index in [1.165, 1.54) is 11.9 Å². The molecule has 43 heavy (non-hydrogen) atoms. The number of hydrogen-bond donors (Lipinski definition) is 1. The van der Waals surface area contributed by atoms with Crippen LogP contribution in [0.15, 0.2) is 23.3 Å². The molecule has 5 rings (SSSR count). The maximum absolute atomic E-state index is 13.5. The van der Waals surface area contributed by atoms with E-state index >= 15 is 0 Å². The number of rotatable bonds is 6. The van der Waals surface area contributed by atoms with Crippen molar-refractivity contribution in [3.63, 3.8) is 0 Å². The van der Waals surface area contributed by atoms with Crippen LogP contribution in [0.3, 0.4) is 0 Å². The molecule has 0 aromatic carbocycles. The first-order chi connectivity index (χ1) is 20.3. The molecule has 0 radical (unpaired) electrons. The molecule has 2 aromatic heterocycles. The van der Waals surface area contributed by atoms with E-state index in [4.69, 9.17) is 4.74 Å². The summed E-state index contributed by atoms with van der Waals surface area (Å²) in [4.78, 5) is 47.6. The number of pyridine rings is 1. The highest BCUT2D eigenvalue weighted by atomic mass is 19.4. The van der Waals surface area contributed by atoms with Crippen molar-refractivity contribution in [3.8, 4) is 0 Å². The van der Waals surface area contributed by atoms with Crippen LogP contribution in [-0.4, -0.2) is 90.4 Å². The van der Waals surface area contributed by atoms with E-state index in [0.29, 0.717) is 12.8 Å². The van der Waals surface area contributed by atoms with E-state index in [1.54, 1.807) is 9.80 Å². The number of fused-ring (bicyclic) bond motifs is 3.